The number of aliphatic hydroxyl groups excluding tert-OH is 1. The highest BCUT2D eigenvalue weighted by Gasteiger charge is 2.49. The van der Waals surface area contributed by atoms with E-state index in [9.17, 15) is 5.11 Å². The number of halogens is 2. The summed E-state index contributed by atoms with van der Waals surface area (Å²) in [5, 5.41) is 14.5. The van der Waals surface area contributed by atoms with Gasteiger partial charge in [-0.05, 0) is 32.6 Å². The molecule has 1 spiro atoms. The monoisotopic (exact) mass is 319 g/mol. The van der Waals surface area contributed by atoms with Crippen LogP contribution in [-0.4, -0.2) is 22.9 Å². The number of nitrogens with one attached hydrogen (secondary N) is 1. The molecule has 114 valence electrons. The van der Waals surface area contributed by atoms with Crippen LogP contribution in [0.5, 0.6) is 0 Å². The van der Waals surface area contributed by atoms with Gasteiger partial charge in [0.05, 0.1) is 22.9 Å². The molecule has 2 aliphatic carbocycles. The fraction of sp³-hybridized carbons (Fsp3) is 0.643. The van der Waals surface area contributed by atoms with E-state index in [2.05, 4.69) is 22.7 Å². The summed E-state index contributed by atoms with van der Waals surface area (Å²) < 4.78 is 0. The Bertz CT molecular complexity index is 448. The first kappa shape index (κ1) is 17.3. The molecule has 4 N–H and O–H groups in total. The second-order valence-electron chi connectivity index (χ2n) is 5.88. The van der Waals surface area contributed by atoms with Crippen LogP contribution in [-0.2, 0) is 0 Å². The van der Waals surface area contributed by atoms with E-state index in [1.165, 1.54) is 0 Å². The minimum atomic E-state index is -0.00988. The van der Waals surface area contributed by atoms with Crippen LogP contribution in [0.1, 0.15) is 32.6 Å². The Morgan fingerprint density at radius 1 is 1.55 bits per heavy atom. The SMILES string of the molecule is CC(N)CC1CC23C=CCCC2NN=C3C=C1O.Cl.Cl. The van der Waals surface area contributed by atoms with E-state index in [0.29, 0.717) is 11.8 Å². The molecule has 1 heterocycles. The summed E-state index contributed by atoms with van der Waals surface area (Å²) in [5.74, 6) is 0.604. The summed E-state index contributed by atoms with van der Waals surface area (Å²) in [5.41, 5.74) is 10.1. The summed E-state index contributed by atoms with van der Waals surface area (Å²) in [6.45, 7) is 2.00. The first-order valence-electron chi connectivity index (χ1n) is 6.79. The predicted molar refractivity (Wildman–Crippen MR) is 86.7 cm³/mol. The van der Waals surface area contributed by atoms with Crippen LogP contribution in [0.3, 0.4) is 0 Å². The largest absolute Gasteiger partial charge is 0.512 e. The molecule has 0 saturated heterocycles. The van der Waals surface area contributed by atoms with Crippen molar-refractivity contribution in [1.29, 1.82) is 0 Å². The van der Waals surface area contributed by atoms with Gasteiger partial charge in [0.2, 0.25) is 0 Å². The molecule has 3 aliphatic rings. The third-order valence-electron chi connectivity index (χ3n) is 4.42. The zero-order valence-corrected chi connectivity index (χ0v) is 13.2. The molecule has 0 amide bonds. The first-order valence-corrected chi connectivity index (χ1v) is 6.79. The van der Waals surface area contributed by atoms with Gasteiger partial charge in [-0.2, -0.15) is 5.10 Å². The number of hydrogen-bond donors (Lipinski definition) is 3. The van der Waals surface area contributed by atoms with E-state index in [-0.39, 0.29) is 42.2 Å². The van der Waals surface area contributed by atoms with Crippen molar-refractivity contribution in [3.8, 4) is 0 Å². The van der Waals surface area contributed by atoms with Crippen molar-refractivity contribution in [1.82, 2.24) is 5.43 Å². The molecule has 3 rings (SSSR count). The van der Waals surface area contributed by atoms with Crippen LogP contribution >= 0.6 is 24.8 Å². The standard InChI is InChI=1S/C14H21N3O.2ClH/c1-9(15)6-10-8-14-5-3-2-4-12(14)16-17-13(14)7-11(10)18;;/h3,5,7,9-10,12,16,18H,2,4,6,8,15H2,1H3;2*1H. The summed E-state index contributed by atoms with van der Waals surface area (Å²) in [7, 11) is 0. The van der Waals surface area contributed by atoms with Crippen LogP contribution < -0.4 is 11.2 Å². The van der Waals surface area contributed by atoms with Gasteiger partial charge in [-0.15, -0.1) is 24.8 Å². The second kappa shape index (κ2) is 6.37. The fourth-order valence-electron chi connectivity index (χ4n) is 3.53. The predicted octanol–water partition coefficient (Wildman–Crippen LogP) is 2.69. The maximum atomic E-state index is 10.1. The molecular formula is C14H23Cl2N3O. The van der Waals surface area contributed by atoms with E-state index >= 15 is 0 Å². The minimum Gasteiger partial charge on any atom is -0.512 e. The van der Waals surface area contributed by atoms with Crippen LogP contribution in [0.2, 0.25) is 0 Å². The van der Waals surface area contributed by atoms with Gasteiger partial charge in [-0.25, -0.2) is 0 Å². The molecule has 0 aromatic carbocycles. The van der Waals surface area contributed by atoms with Crippen molar-refractivity contribution in [3.63, 3.8) is 0 Å². The minimum absolute atomic E-state index is 0. The normalized spacial score (nSPS) is 35.3. The van der Waals surface area contributed by atoms with Gasteiger partial charge in [-0.3, -0.25) is 0 Å². The van der Waals surface area contributed by atoms with Crippen LogP contribution in [0.4, 0.5) is 0 Å². The maximum Gasteiger partial charge on any atom is 0.0973 e. The summed E-state index contributed by atoms with van der Waals surface area (Å²) in [6.07, 6.45) is 10.4. The second-order valence-corrected chi connectivity index (χ2v) is 5.88. The number of hydrazone groups is 1. The molecule has 20 heavy (non-hydrogen) atoms. The van der Waals surface area contributed by atoms with Crippen LogP contribution in [0.15, 0.2) is 29.1 Å². The van der Waals surface area contributed by atoms with Gasteiger partial charge < -0.3 is 16.3 Å². The van der Waals surface area contributed by atoms with Gasteiger partial charge >= 0.3 is 0 Å². The van der Waals surface area contributed by atoms with Crippen molar-refractivity contribution in [2.75, 3.05) is 0 Å². The van der Waals surface area contributed by atoms with Crippen molar-refractivity contribution in [2.45, 2.75) is 44.7 Å². The molecular weight excluding hydrogens is 297 g/mol. The zero-order valence-electron chi connectivity index (χ0n) is 11.6. The molecule has 1 aliphatic heterocycles. The highest BCUT2D eigenvalue weighted by atomic mass is 35.5. The molecule has 0 aromatic heterocycles. The van der Waals surface area contributed by atoms with Crippen molar-refractivity contribution in [2.24, 2.45) is 22.2 Å². The first-order chi connectivity index (χ1) is 8.62. The van der Waals surface area contributed by atoms with Gasteiger partial charge in [0.15, 0.2) is 0 Å². The molecule has 4 nitrogen and oxygen atoms in total. The number of allylic oxidation sites excluding steroid dienone is 3. The zero-order chi connectivity index (χ0) is 12.8. The highest BCUT2D eigenvalue weighted by Crippen LogP contribution is 2.47. The average Bonchev–Trinajstić information content (AvgIpc) is 2.68. The molecule has 0 radical (unpaired) electrons. The smallest absolute Gasteiger partial charge is 0.0973 e. The van der Waals surface area contributed by atoms with E-state index in [0.717, 1.165) is 31.4 Å². The molecule has 0 fully saturated rings. The lowest BCUT2D eigenvalue weighted by Gasteiger charge is -2.40. The summed E-state index contributed by atoms with van der Waals surface area (Å²) in [6, 6.07) is 0.498. The van der Waals surface area contributed by atoms with Crippen LogP contribution in [0.25, 0.3) is 0 Å². The molecule has 4 atom stereocenters. The molecule has 0 bridgehead atoms. The topological polar surface area (TPSA) is 70.6 Å². The number of hydrogen-bond acceptors (Lipinski definition) is 4. The number of aliphatic hydroxyl groups is 1. The highest BCUT2D eigenvalue weighted by molar-refractivity contribution is 6.04. The molecule has 0 saturated carbocycles. The van der Waals surface area contributed by atoms with Gasteiger partial charge in [-0.1, -0.05) is 12.2 Å². The maximum absolute atomic E-state index is 10.1. The average molecular weight is 320 g/mol. The molecule has 0 aromatic rings. The molecule has 4 unspecified atom stereocenters. The van der Waals surface area contributed by atoms with Gasteiger partial charge in [0.25, 0.3) is 0 Å². The quantitative estimate of drug-likeness (QED) is 0.685. The Labute approximate surface area is 132 Å². The Hall–Kier alpha value is -0.710. The van der Waals surface area contributed by atoms with Crippen LogP contribution in [0, 0.1) is 11.3 Å². The van der Waals surface area contributed by atoms with Crippen molar-refractivity contribution >= 4 is 30.5 Å². The Kier molecular flexibility index (Phi) is 5.53. The van der Waals surface area contributed by atoms with E-state index in [4.69, 9.17) is 5.73 Å². The third kappa shape index (κ3) is 2.69. The summed E-state index contributed by atoms with van der Waals surface area (Å²) in [4.78, 5) is 0. The lowest BCUT2D eigenvalue weighted by molar-refractivity contribution is 0.226. The fourth-order valence-corrected chi connectivity index (χ4v) is 3.53. The number of nitrogens with two attached hydrogens (primary N) is 1. The Morgan fingerprint density at radius 2 is 2.30 bits per heavy atom. The lowest BCUT2D eigenvalue weighted by atomic mass is 9.63. The third-order valence-corrected chi connectivity index (χ3v) is 4.42. The molecule has 6 heteroatoms. The number of nitrogens with zero attached hydrogens (tertiary/aromatic N) is 1. The lowest BCUT2D eigenvalue weighted by Crippen LogP contribution is -2.46. The summed E-state index contributed by atoms with van der Waals surface area (Å²) >= 11 is 0. The van der Waals surface area contributed by atoms with Gasteiger partial charge in [0.1, 0.15) is 0 Å². The number of rotatable bonds is 2. The Balaban J connectivity index is 0.000001000. The van der Waals surface area contributed by atoms with Gasteiger partial charge in [0, 0.05) is 18.0 Å². The van der Waals surface area contributed by atoms with E-state index < -0.39 is 0 Å². The van der Waals surface area contributed by atoms with Crippen molar-refractivity contribution < 1.29 is 5.11 Å². The Morgan fingerprint density at radius 3 is 3.00 bits per heavy atom. The van der Waals surface area contributed by atoms with E-state index in [1.807, 2.05) is 13.0 Å². The van der Waals surface area contributed by atoms with E-state index in [1.54, 1.807) is 0 Å². The van der Waals surface area contributed by atoms with Crippen molar-refractivity contribution in [3.05, 3.63) is 24.0 Å².